The first-order valence-corrected chi connectivity index (χ1v) is 5.13. The molecule has 1 aromatic carbocycles. The lowest BCUT2D eigenvalue weighted by Gasteiger charge is -1.99. The number of benzene rings is 1. The Morgan fingerprint density at radius 3 is 2.89 bits per heavy atom. The summed E-state index contributed by atoms with van der Waals surface area (Å²) >= 11 is 0. The number of nitrogens with two attached hydrogens (primary N) is 1. The fourth-order valence-electron chi connectivity index (χ4n) is 1.38. The van der Waals surface area contributed by atoms with E-state index in [1.165, 1.54) is 25.2 Å². The van der Waals surface area contributed by atoms with Gasteiger partial charge < -0.3 is 15.6 Å². The molecule has 19 heavy (non-hydrogen) atoms. The molecule has 9 nitrogen and oxygen atoms in total. The van der Waals surface area contributed by atoms with E-state index in [0.29, 0.717) is 0 Å². The molecule has 1 amide bonds. The van der Waals surface area contributed by atoms with Crippen molar-refractivity contribution in [1.29, 1.82) is 0 Å². The van der Waals surface area contributed by atoms with Crippen molar-refractivity contribution in [3.8, 4) is 11.5 Å². The number of carbonyl (C=O) groups excluding carboxylic acids is 1. The molecule has 2 aromatic rings. The maximum atomic E-state index is 11.3. The summed E-state index contributed by atoms with van der Waals surface area (Å²) in [6, 6.07) is 3.82. The number of rotatable bonds is 3. The fraction of sp³-hybridized carbons (Fsp3) is 0.100. The van der Waals surface area contributed by atoms with E-state index in [2.05, 4.69) is 15.5 Å². The van der Waals surface area contributed by atoms with E-state index < -0.39 is 10.8 Å². The maximum Gasteiger partial charge on any atom is 0.292 e. The summed E-state index contributed by atoms with van der Waals surface area (Å²) in [6.45, 7) is 0. The van der Waals surface area contributed by atoms with Gasteiger partial charge >= 0.3 is 0 Å². The topological polar surface area (TPSA) is 137 Å². The summed E-state index contributed by atoms with van der Waals surface area (Å²) in [6.07, 6.45) is 0. The molecule has 0 fully saturated rings. The minimum Gasteiger partial charge on any atom is -0.398 e. The molecular weight excluding hydrogens is 254 g/mol. The largest absolute Gasteiger partial charge is 0.398 e. The highest BCUT2D eigenvalue weighted by molar-refractivity contribution is 5.90. The zero-order chi connectivity index (χ0) is 14.0. The van der Waals surface area contributed by atoms with Gasteiger partial charge in [-0.1, -0.05) is 5.16 Å². The summed E-state index contributed by atoms with van der Waals surface area (Å²) in [5.74, 6) is -0.762. The number of nitrogens with one attached hydrogen (secondary N) is 1. The Hall–Kier alpha value is -2.97. The van der Waals surface area contributed by atoms with Crippen molar-refractivity contribution in [2.75, 3.05) is 12.8 Å². The molecule has 1 heterocycles. The first kappa shape index (κ1) is 12.5. The molecule has 98 valence electrons. The van der Waals surface area contributed by atoms with Crippen molar-refractivity contribution in [1.82, 2.24) is 15.5 Å². The molecule has 0 radical (unpaired) electrons. The number of amides is 1. The number of carbonyl (C=O) groups is 1. The van der Waals surface area contributed by atoms with Gasteiger partial charge in [-0.2, -0.15) is 4.98 Å². The lowest BCUT2D eigenvalue weighted by molar-refractivity contribution is -0.384. The van der Waals surface area contributed by atoms with E-state index in [9.17, 15) is 14.9 Å². The quantitative estimate of drug-likeness (QED) is 0.469. The highest BCUT2D eigenvalue weighted by atomic mass is 16.6. The summed E-state index contributed by atoms with van der Waals surface area (Å²) < 4.78 is 4.86. The van der Waals surface area contributed by atoms with Crippen LogP contribution in [0.3, 0.4) is 0 Å². The van der Waals surface area contributed by atoms with Gasteiger partial charge in [0.2, 0.25) is 0 Å². The van der Waals surface area contributed by atoms with Crippen molar-refractivity contribution in [3.63, 3.8) is 0 Å². The summed E-state index contributed by atoms with van der Waals surface area (Å²) in [4.78, 5) is 25.2. The van der Waals surface area contributed by atoms with Gasteiger partial charge in [-0.25, -0.2) is 0 Å². The number of hydrogen-bond donors (Lipinski definition) is 2. The van der Waals surface area contributed by atoms with Crippen LogP contribution in [0.1, 0.15) is 10.6 Å². The maximum absolute atomic E-state index is 11.3. The zero-order valence-corrected chi connectivity index (χ0v) is 9.78. The van der Waals surface area contributed by atoms with E-state index in [1.54, 1.807) is 0 Å². The summed E-state index contributed by atoms with van der Waals surface area (Å²) in [5, 5.41) is 16.5. The highest BCUT2D eigenvalue weighted by Gasteiger charge is 2.18. The first-order chi connectivity index (χ1) is 9.02. The minimum atomic E-state index is -0.570. The summed E-state index contributed by atoms with van der Waals surface area (Å²) in [5.41, 5.74) is 5.96. The van der Waals surface area contributed by atoms with Crippen LogP contribution in [0.2, 0.25) is 0 Å². The second-order valence-electron chi connectivity index (χ2n) is 3.53. The lowest BCUT2D eigenvalue weighted by Crippen LogP contribution is -2.19. The van der Waals surface area contributed by atoms with Gasteiger partial charge in [0, 0.05) is 24.9 Å². The zero-order valence-electron chi connectivity index (χ0n) is 9.78. The van der Waals surface area contributed by atoms with E-state index in [4.69, 9.17) is 10.3 Å². The number of aromatic nitrogens is 2. The molecule has 0 unspecified atom stereocenters. The molecular formula is C10H9N5O4. The average Bonchev–Trinajstić information content (AvgIpc) is 2.87. The van der Waals surface area contributed by atoms with Crippen LogP contribution in [0.25, 0.3) is 11.5 Å². The van der Waals surface area contributed by atoms with Crippen LogP contribution in [0.4, 0.5) is 11.4 Å². The van der Waals surface area contributed by atoms with E-state index >= 15 is 0 Å². The fourth-order valence-corrected chi connectivity index (χ4v) is 1.38. The first-order valence-electron chi connectivity index (χ1n) is 5.13. The van der Waals surface area contributed by atoms with Gasteiger partial charge in [0.1, 0.15) is 0 Å². The van der Waals surface area contributed by atoms with Gasteiger partial charge in [0.25, 0.3) is 23.3 Å². The third-order valence-corrected chi connectivity index (χ3v) is 2.33. The molecule has 0 saturated heterocycles. The lowest BCUT2D eigenvalue weighted by atomic mass is 10.1. The number of nitro groups is 1. The molecule has 3 N–H and O–H groups in total. The SMILES string of the molecule is CNC(=O)c1noc(-c2cc([N+](=O)[O-])ccc2N)n1. The van der Waals surface area contributed by atoms with E-state index in [-0.39, 0.29) is 28.7 Å². The molecule has 1 aromatic heterocycles. The number of nitrogens with zero attached hydrogens (tertiary/aromatic N) is 3. The highest BCUT2D eigenvalue weighted by Crippen LogP contribution is 2.28. The Bertz CT molecular complexity index is 651. The smallest absolute Gasteiger partial charge is 0.292 e. The van der Waals surface area contributed by atoms with Gasteiger partial charge in [0.05, 0.1) is 10.5 Å². The van der Waals surface area contributed by atoms with Crippen LogP contribution < -0.4 is 11.1 Å². The van der Waals surface area contributed by atoms with Crippen molar-refractivity contribution >= 4 is 17.3 Å². The van der Waals surface area contributed by atoms with Crippen molar-refractivity contribution in [2.24, 2.45) is 0 Å². The standard InChI is InChI=1S/C10H9N5O4/c1-12-9(16)8-13-10(19-14-8)6-4-5(15(17)18)2-3-7(6)11/h2-4H,11H2,1H3,(H,12,16). The van der Waals surface area contributed by atoms with Gasteiger partial charge in [-0.05, 0) is 6.07 Å². The number of anilines is 1. The number of hydrogen-bond acceptors (Lipinski definition) is 7. The average molecular weight is 263 g/mol. The third kappa shape index (κ3) is 2.34. The normalized spacial score (nSPS) is 10.2. The monoisotopic (exact) mass is 263 g/mol. The third-order valence-electron chi connectivity index (χ3n) is 2.33. The van der Waals surface area contributed by atoms with E-state index in [0.717, 1.165) is 0 Å². The van der Waals surface area contributed by atoms with Gasteiger partial charge in [0.15, 0.2) is 0 Å². The molecule has 2 rings (SSSR count). The number of non-ortho nitro benzene ring substituents is 1. The predicted octanol–water partition coefficient (Wildman–Crippen LogP) is 0.587. The Morgan fingerprint density at radius 1 is 1.53 bits per heavy atom. The summed E-state index contributed by atoms with van der Waals surface area (Å²) in [7, 11) is 1.42. The van der Waals surface area contributed by atoms with E-state index in [1.807, 2.05) is 0 Å². The number of nitro benzene ring substituents is 1. The molecule has 0 atom stereocenters. The van der Waals surface area contributed by atoms with Crippen molar-refractivity contribution in [2.45, 2.75) is 0 Å². The molecule has 0 saturated carbocycles. The molecule has 0 aliphatic rings. The van der Waals surface area contributed by atoms with Crippen LogP contribution in [0.5, 0.6) is 0 Å². The Labute approximate surface area is 106 Å². The second kappa shape index (κ2) is 4.72. The molecule has 0 aliphatic carbocycles. The van der Waals surface area contributed by atoms with Crippen LogP contribution >= 0.6 is 0 Å². The van der Waals surface area contributed by atoms with Crippen LogP contribution in [-0.4, -0.2) is 28.0 Å². The molecule has 0 spiro atoms. The van der Waals surface area contributed by atoms with Crippen LogP contribution in [-0.2, 0) is 0 Å². The van der Waals surface area contributed by atoms with Crippen molar-refractivity contribution in [3.05, 3.63) is 34.1 Å². The minimum absolute atomic E-state index is 0.0557. The van der Waals surface area contributed by atoms with Crippen molar-refractivity contribution < 1.29 is 14.2 Å². The predicted molar refractivity (Wildman–Crippen MR) is 64.2 cm³/mol. The molecule has 0 aliphatic heterocycles. The number of nitrogen functional groups attached to an aromatic ring is 1. The van der Waals surface area contributed by atoms with Gasteiger partial charge in [-0.3, -0.25) is 14.9 Å². The van der Waals surface area contributed by atoms with Crippen LogP contribution in [0.15, 0.2) is 22.7 Å². The van der Waals surface area contributed by atoms with Gasteiger partial charge in [-0.15, -0.1) is 0 Å². The Kier molecular flexibility index (Phi) is 3.10. The second-order valence-corrected chi connectivity index (χ2v) is 3.53. The molecule has 0 bridgehead atoms. The molecule has 9 heteroatoms. The Balaban J connectivity index is 2.46. The Morgan fingerprint density at radius 2 is 2.26 bits per heavy atom. The van der Waals surface area contributed by atoms with Crippen LogP contribution in [0, 0.1) is 10.1 Å².